The highest BCUT2D eigenvalue weighted by Crippen LogP contribution is 2.48. The van der Waals surface area contributed by atoms with Gasteiger partial charge in [0.2, 0.25) is 11.0 Å². The molecule has 0 radical (unpaired) electrons. The Bertz CT molecular complexity index is 1700. The number of nitrogens with zero attached hydrogens (tertiary/aromatic N) is 5. The van der Waals surface area contributed by atoms with Crippen LogP contribution in [0.15, 0.2) is 69.5 Å². The Balaban J connectivity index is 1.40. The van der Waals surface area contributed by atoms with Crippen molar-refractivity contribution in [1.29, 1.82) is 5.26 Å². The van der Waals surface area contributed by atoms with Crippen molar-refractivity contribution in [2.24, 2.45) is 5.73 Å². The zero-order valence-corrected chi connectivity index (χ0v) is 24.1. The second-order valence-corrected chi connectivity index (χ2v) is 11.9. The molecule has 1 aromatic heterocycles. The summed E-state index contributed by atoms with van der Waals surface area (Å²) in [5.41, 5.74) is 8.40. The molecule has 1 atom stereocenters. The van der Waals surface area contributed by atoms with E-state index in [4.69, 9.17) is 28.9 Å². The Morgan fingerprint density at radius 2 is 2.02 bits per heavy atom. The van der Waals surface area contributed by atoms with Crippen molar-refractivity contribution in [3.05, 3.63) is 90.9 Å². The van der Waals surface area contributed by atoms with Gasteiger partial charge < -0.3 is 11.1 Å². The van der Waals surface area contributed by atoms with Crippen LogP contribution in [0.3, 0.4) is 0 Å². The van der Waals surface area contributed by atoms with Crippen LogP contribution in [0.1, 0.15) is 30.7 Å². The molecule has 0 bridgehead atoms. The predicted octanol–water partition coefficient (Wildman–Crippen LogP) is 5.79. The number of aromatic nitrogens is 2. The Kier molecular flexibility index (Phi) is 8.27. The van der Waals surface area contributed by atoms with Crippen LogP contribution in [0.2, 0.25) is 10.0 Å². The molecule has 1 unspecified atom stereocenters. The summed E-state index contributed by atoms with van der Waals surface area (Å²) in [5.74, 6) is -1.18. The van der Waals surface area contributed by atoms with Crippen LogP contribution in [0.4, 0.5) is 16.5 Å². The van der Waals surface area contributed by atoms with E-state index in [-0.39, 0.29) is 39.3 Å². The van der Waals surface area contributed by atoms with E-state index in [2.05, 4.69) is 21.6 Å². The number of halogens is 2. The maximum absolute atomic E-state index is 13.3. The van der Waals surface area contributed by atoms with Crippen LogP contribution < -0.4 is 16.0 Å². The summed E-state index contributed by atoms with van der Waals surface area (Å²) in [6, 6.07) is 13.0. The quantitative estimate of drug-likeness (QED) is 0.186. The van der Waals surface area contributed by atoms with Crippen LogP contribution in [0, 0.1) is 21.4 Å². The van der Waals surface area contributed by atoms with Gasteiger partial charge in [-0.1, -0.05) is 64.5 Å². The van der Waals surface area contributed by atoms with Crippen LogP contribution in [-0.4, -0.2) is 32.6 Å². The van der Waals surface area contributed by atoms with E-state index in [1.54, 1.807) is 29.2 Å². The highest BCUT2D eigenvalue weighted by atomic mass is 35.5. The SMILES string of the molecule is N#CC1=C(N)N(c2nnc(SCC(=O)Nc3cc([N+](=O)[O-])ccc3Cl)s2)C2=C(C(=O)CCC2)C1c1ccccc1Cl. The summed E-state index contributed by atoms with van der Waals surface area (Å²) in [4.78, 5) is 37.9. The smallest absolute Gasteiger partial charge is 0.271 e. The fraction of sp³-hybridized carbons (Fsp3) is 0.192. The number of nitro groups is 1. The van der Waals surface area contributed by atoms with Gasteiger partial charge >= 0.3 is 0 Å². The van der Waals surface area contributed by atoms with Gasteiger partial charge in [0.15, 0.2) is 10.1 Å². The van der Waals surface area contributed by atoms with Crippen LogP contribution in [0.5, 0.6) is 0 Å². The van der Waals surface area contributed by atoms with Crippen molar-refractivity contribution in [2.75, 3.05) is 16.0 Å². The third-order valence-corrected chi connectivity index (χ3v) is 9.19. The molecule has 0 fully saturated rings. The number of thioether (sulfide) groups is 1. The second-order valence-electron chi connectivity index (χ2n) is 8.95. The number of amides is 1. The van der Waals surface area contributed by atoms with Gasteiger partial charge in [0.25, 0.3) is 5.69 Å². The van der Waals surface area contributed by atoms with Crippen molar-refractivity contribution in [3.63, 3.8) is 0 Å². The van der Waals surface area contributed by atoms with Crippen molar-refractivity contribution in [1.82, 2.24) is 10.2 Å². The van der Waals surface area contributed by atoms with Gasteiger partial charge in [0, 0.05) is 34.8 Å². The molecule has 3 N–H and O–H groups in total. The third kappa shape index (κ3) is 5.64. The molecule has 2 heterocycles. The molecular formula is C26H19Cl2N7O4S2. The number of nitriles is 1. The molecule has 0 spiro atoms. The minimum Gasteiger partial charge on any atom is -0.384 e. The molecule has 0 saturated carbocycles. The molecule has 2 aromatic carbocycles. The van der Waals surface area contributed by atoms with Crippen LogP contribution in [-0.2, 0) is 9.59 Å². The number of non-ortho nitro benzene ring substituents is 1. The number of nitrogens with two attached hydrogens (primary N) is 1. The van der Waals surface area contributed by atoms with Crippen molar-refractivity contribution < 1.29 is 14.5 Å². The average Bonchev–Trinajstić information content (AvgIpc) is 3.41. The number of hydrogen-bond acceptors (Lipinski definition) is 11. The minimum absolute atomic E-state index is 0.0799. The van der Waals surface area contributed by atoms with Gasteiger partial charge in [-0.05, 0) is 30.5 Å². The van der Waals surface area contributed by atoms with Gasteiger partial charge in [-0.25, -0.2) is 0 Å². The third-order valence-electron chi connectivity index (χ3n) is 6.48. The number of hydrogen-bond donors (Lipinski definition) is 2. The first-order valence-electron chi connectivity index (χ1n) is 12.1. The number of benzene rings is 2. The lowest BCUT2D eigenvalue weighted by atomic mass is 9.76. The first kappa shape index (κ1) is 28.6. The molecule has 5 rings (SSSR count). The van der Waals surface area contributed by atoms with Gasteiger partial charge in [-0.2, -0.15) is 5.26 Å². The summed E-state index contributed by atoms with van der Waals surface area (Å²) < 4.78 is 0.434. The van der Waals surface area contributed by atoms with E-state index in [1.807, 2.05) is 0 Å². The number of rotatable bonds is 7. The van der Waals surface area contributed by atoms with E-state index < -0.39 is 16.7 Å². The van der Waals surface area contributed by atoms with Gasteiger partial charge in [-0.15, -0.1) is 10.2 Å². The monoisotopic (exact) mass is 627 g/mol. The predicted molar refractivity (Wildman–Crippen MR) is 157 cm³/mol. The maximum Gasteiger partial charge on any atom is 0.271 e. The largest absolute Gasteiger partial charge is 0.384 e. The lowest BCUT2D eigenvalue weighted by Crippen LogP contribution is -2.38. The van der Waals surface area contributed by atoms with E-state index in [9.17, 15) is 25.0 Å². The lowest BCUT2D eigenvalue weighted by molar-refractivity contribution is -0.384. The number of nitro benzene ring substituents is 1. The molecule has 41 heavy (non-hydrogen) atoms. The summed E-state index contributed by atoms with van der Waals surface area (Å²) in [7, 11) is 0. The Morgan fingerprint density at radius 3 is 2.76 bits per heavy atom. The molecule has 0 saturated heterocycles. The molecule has 3 aromatic rings. The lowest BCUT2D eigenvalue weighted by Gasteiger charge is -2.38. The normalized spacial score (nSPS) is 16.9. The van der Waals surface area contributed by atoms with Crippen LogP contribution in [0.25, 0.3) is 0 Å². The highest BCUT2D eigenvalue weighted by Gasteiger charge is 2.41. The minimum atomic E-state index is -0.696. The maximum atomic E-state index is 13.3. The van der Waals surface area contributed by atoms with Crippen LogP contribution >= 0.6 is 46.3 Å². The number of Topliss-reactive ketones (excluding diaryl/α,β-unsaturated/α-hetero) is 1. The van der Waals surface area contributed by atoms with E-state index in [1.165, 1.54) is 18.2 Å². The zero-order chi connectivity index (χ0) is 29.3. The Labute approximate surface area is 251 Å². The molecular weight excluding hydrogens is 609 g/mol. The molecule has 11 nitrogen and oxygen atoms in total. The standard InChI is InChI=1S/C26H19Cl2N7O4S2/c27-16-5-2-1-4-14(16)22-15(11-29)24(30)34(19-6-3-7-20(36)23(19)22)25-32-33-26(41-25)40-12-21(37)31-18-10-13(35(38)39)8-9-17(18)28/h1-2,4-5,8-10,22H,3,6-7,12,30H2,(H,31,37). The second kappa shape index (κ2) is 11.9. The number of carbonyl (C=O) groups excluding carboxylic acids is 2. The number of allylic oxidation sites excluding steroid dienone is 3. The first-order chi connectivity index (χ1) is 19.7. The average molecular weight is 629 g/mol. The fourth-order valence-electron chi connectivity index (χ4n) is 4.71. The zero-order valence-electron chi connectivity index (χ0n) is 21.0. The van der Waals surface area contributed by atoms with Crippen molar-refractivity contribution in [2.45, 2.75) is 29.5 Å². The summed E-state index contributed by atoms with van der Waals surface area (Å²) in [5, 5.41) is 33.1. The summed E-state index contributed by atoms with van der Waals surface area (Å²) in [6.45, 7) is 0. The number of nitrogens with one attached hydrogen (secondary N) is 1. The molecule has 2 aliphatic rings. The van der Waals surface area contributed by atoms with E-state index >= 15 is 0 Å². The van der Waals surface area contributed by atoms with E-state index in [0.717, 1.165) is 23.1 Å². The number of carbonyl (C=O) groups is 2. The topological polar surface area (TPSA) is 168 Å². The van der Waals surface area contributed by atoms with E-state index in [0.29, 0.717) is 50.6 Å². The number of ketones is 1. The highest BCUT2D eigenvalue weighted by molar-refractivity contribution is 8.01. The molecule has 15 heteroatoms. The molecule has 1 aliphatic heterocycles. The van der Waals surface area contributed by atoms with Crippen molar-refractivity contribution >= 4 is 74.5 Å². The Hall–Kier alpha value is -3.96. The fourth-order valence-corrected chi connectivity index (χ4v) is 6.80. The summed E-state index contributed by atoms with van der Waals surface area (Å²) >= 11 is 14.8. The molecule has 1 aliphatic carbocycles. The molecule has 208 valence electrons. The van der Waals surface area contributed by atoms with Gasteiger partial charge in [0.1, 0.15) is 5.82 Å². The van der Waals surface area contributed by atoms with Gasteiger partial charge in [-0.3, -0.25) is 24.6 Å². The number of anilines is 2. The van der Waals surface area contributed by atoms with Crippen molar-refractivity contribution in [3.8, 4) is 6.07 Å². The first-order valence-corrected chi connectivity index (χ1v) is 14.7. The van der Waals surface area contributed by atoms with Gasteiger partial charge in [0.05, 0.1) is 38.9 Å². The Morgan fingerprint density at radius 1 is 1.24 bits per heavy atom. The summed E-state index contributed by atoms with van der Waals surface area (Å²) in [6.07, 6.45) is 1.49. The molecule has 1 amide bonds.